The lowest BCUT2D eigenvalue weighted by Crippen LogP contribution is -2.31. The smallest absolute Gasteiger partial charge is 0.307 e. The minimum absolute atomic E-state index is 0.0478. The lowest BCUT2D eigenvalue weighted by molar-refractivity contribution is -0.385. The van der Waals surface area contributed by atoms with Crippen molar-refractivity contribution >= 4 is 11.6 Å². The van der Waals surface area contributed by atoms with Gasteiger partial charge in [0.25, 0.3) is 0 Å². The quantitative estimate of drug-likeness (QED) is 0.474. The van der Waals surface area contributed by atoms with Crippen molar-refractivity contribution in [2.75, 3.05) is 13.1 Å². The minimum atomic E-state index is -0.568. The summed E-state index contributed by atoms with van der Waals surface area (Å²) in [6.07, 6.45) is 2.29. The van der Waals surface area contributed by atoms with Crippen LogP contribution in [-0.2, 0) is 11.3 Å². The molecule has 82 valence electrons. The molecule has 0 aliphatic rings. The van der Waals surface area contributed by atoms with Crippen LogP contribution in [0.4, 0.5) is 5.69 Å². The maximum absolute atomic E-state index is 11.2. The Kier molecular flexibility index (Phi) is 3.75. The van der Waals surface area contributed by atoms with Crippen molar-refractivity contribution in [1.82, 2.24) is 15.1 Å². The number of carbonyl (C=O) groups is 1. The van der Waals surface area contributed by atoms with Crippen LogP contribution in [0.25, 0.3) is 0 Å². The number of nitrogens with one attached hydrogen (secondary N) is 1. The summed E-state index contributed by atoms with van der Waals surface area (Å²) in [5, 5.41) is 16.5. The van der Waals surface area contributed by atoms with Crippen molar-refractivity contribution in [2.24, 2.45) is 5.73 Å². The van der Waals surface area contributed by atoms with Gasteiger partial charge in [-0.05, 0) is 0 Å². The molecule has 0 bridgehead atoms. The van der Waals surface area contributed by atoms with E-state index >= 15 is 0 Å². The van der Waals surface area contributed by atoms with Gasteiger partial charge in [0.15, 0.2) is 0 Å². The maximum atomic E-state index is 11.2. The Morgan fingerprint density at radius 1 is 1.73 bits per heavy atom. The molecule has 1 rings (SSSR count). The summed E-state index contributed by atoms with van der Waals surface area (Å²) in [5.41, 5.74) is 5.05. The van der Waals surface area contributed by atoms with Gasteiger partial charge in [0.2, 0.25) is 5.91 Å². The van der Waals surface area contributed by atoms with Crippen LogP contribution in [0, 0.1) is 10.1 Å². The summed E-state index contributed by atoms with van der Waals surface area (Å²) in [5.74, 6) is -0.279. The number of amides is 1. The van der Waals surface area contributed by atoms with Gasteiger partial charge in [-0.25, -0.2) is 0 Å². The van der Waals surface area contributed by atoms with Gasteiger partial charge >= 0.3 is 5.69 Å². The Balaban J connectivity index is 2.50. The highest BCUT2D eigenvalue weighted by atomic mass is 16.6. The zero-order valence-electron chi connectivity index (χ0n) is 7.92. The molecule has 1 heterocycles. The molecule has 0 atom stereocenters. The molecule has 0 saturated carbocycles. The molecule has 0 saturated heterocycles. The van der Waals surface area contributed by atoms with Crippen LogP contribution in [0.3, 0.4) is 0 Å². The van der Waals surface area contributed by atoms with Gasteiger partial charge in [0.05, 0.1) is 4.92 Å². The second-order valence-corrected chi connectivity index (χ2v) is 2.79. The largest absolute Gasteiger partial charge is 0.353 e. The third kappa shape index (κ3) is 3.35. The predicted octanol–water partition coefficient (Wildman–Crippen LogP) is -1.13. The Hall–Kier alpha value is -1.96. The van der Waals surface area contributed by atoms with E-state index in [1.807, 2.05) is 0 Å². The van der Waals surface area contributed by atoms with Gasteiger partial charge in [-0.1, -0.05) is 0 Å². The third-order valence-electron chi connectivity index (χ3n) is 1.60. The highest BCUT2D eigenvalue weighted by molar-refractivity contribution is 5.75. The van der Waals surface area contributed by atoms with Gasteiger partial charge in [-0.3, -0.25) is 19.6 Å². The van der Waals surface area contributed by atoms with E-state index in [2.05, 4.69) is 10.4 Å². The average Bonchev–Trinajstić information content (AvgIpc) is 2.63. The van der Waals surface area contributed by atoms with E-state index < -0.39 is 4.92 Å². The molecule has 15 heavy (non-hydrogen) atoms. The molecule has 0 fully saturated rings. The van der Waals surface area contributed by atoms with E-state index in [1.54, 1.807) is 0 Å². The van der Waals surface area contributed by atoms with Crippen LogP contribution in [0.1, 0.15) is 0 Å². The zero-order valence-corrected chi connectivity index (χ0v) is 7.92. The van der Waals surface area contributed by atoms with Crippen molar-refractivity contribution in [2.45, 2.75) is 6.54 Å². The molecule has 0 aliphatic heterocycles. The number of nitrogens with two attached hydrogens (primary N) is 1. The van der Waals surface area contributed by atoms with E-state index in [9.17, 15) is 14.9 Å². The number of hydrogen-bond donors (Lipinski definition) is 2. The number of aromatic nitrogens is 2. The molecule has 0 unspecified atom stereocenters. The van der Waals surface area contributed by atoms with Crippen LogP contribution in [-0.4, -0.2) is 33.7 Å². The van der Waals surface area contributed by atoms with E-state index in [0.717, 1.165) is 6.20 Å². The molecular weight excluding hydrogens is 202 g/mol. The molecule has 8 heteroatoms. The zero-order chi connectivity index (χ0) is 11.3. The first-order valence-electron chi connectivity index (χ1n) is 4.27. The highest BCUT2D eigenvalue weighted by Gasteiger charge is 2.10. The van der Waals surface area contributed by atoms with Gasteiger partial charge in [0, 0.05) is 13.1 Å². The lowest BCUT2D eigenvalue weighted by Gasteiger charge is -2.02. The molecule has 0 spiro atoms. The number of nitrogens with zero attached hydrogens (tertiary/aromatic N) is 3. The molecule has 0 aromatic carbocycles. The first-order valence-corrected chi connectivity index (χ1v) is 4.27. The van der Waals surface area contributed by atoms with Crippen molar-refractivity contribution in [3.8, 4) is 0 Å². The van der Waals surface area contributed by atoms with E-state index in [1.165, 1.54) is 10.9 Å². The second-order valence-electron chi connectivity index (χ2n) is 2.79. The van der Waals surface area contributed by atoms with Crippen LogP contribution >= 0.6 is 0 Å². The normalized spacial score (nSPS) is 9.93. The summed E-state index contributed by atoms with van der Waals surface area (Å²) in [4.78, 5) is 20.9. The predicted molar refractivity (Wildman–Crippen MR) is 50.9 cm³/mol. The number of carbonyl (C=O) groups excluding carboxylic acids is 1. The topological polar surface area (TPSA) is 116 Å². The summed E-state index contributed by atoms with van der Waals surface area (Å²) in [6.45, 7) is 0.682. The molecule has 0 aliphatic carbocycles. The minimum Gasteiger partial charge on any atom is -0.353 e. The van der Waals surface area contributed by atoms with Crippen molar-refractivity contribution in [3.05, 3.63) is 22.5 Å². The van der Waals surface area contributed by atoms with Gasteiger partial charge < -0.3 is 11.1 Å². The van der Waals surface area contributed by atoms with Crippen LogP contribution < -0.4 is 11.1 Å². The number of nitro groups is 1. The fourth-order valence-electron chi connectivity index (χ4n) is 0.948. The Morgan fingerprint density at radius 3 is 3.00 bits per heavy atom. The Bertz CT molecular complexity index is 361. The number of hydrogen-bond acceptors (Lipinski definition) is 5. The van der Waals surface area contributed by atoms with Crippen molar-refractivity contribution in [3.63, 3.8) is 0 Å². The molecule has 3 N–H and O–H groups in total. The second kappa shape index (κ2) is 5.05. The van der Waals surface area contributed by atoms with Crippen LogP contribution in [0.5, 0.6) is 0 Å². The monoisotopic (exact) mass is 213 g/mol. The van der Waals surface area contributed by atoms with Gasteiger partial charge in [0.1, 0.15) is 18.9 Å². The maximum Gasteiger partial charge on any atom is 0.307 e. The van der Waals surface area contributed by atoms with Crippen LogP contribution in [0.2, 0.25) is 0 Å². The molecule has 8 nitrogen and oxygen atoms in total. The van der Waals surface area contributed by atoms with E-state index in [4.69, 9.17) is 5.73 Å². The highest BCUT2D eigenvalue weighted by Crippen LogP contribution is 2.06. The summed E-state index contributed by atoms with van der Waals surface area (Å²) < 4.78 is 1.20. The average molecular weight is 213 g/mol. The van der Waals surface area contributed by atoms with Crippen molar-refractivity contribution < 1.29 is 9.72 Å². The van der Waals surface area contributed by atoms with Gasteiger partial charge in [-0.15, -0.1) is 0 Å². The number of rotatable bonds is 5. The van der Waals surface area contributed by atoms with E-state index in [-0.39, 0.29) is 18.1 Å². The third-order valence-corrected chi connectivity index (χ3v) is 1.60. The molecule has 0 radical (unpaired) electrons. The van der Waals surface area contributed by atoms with Crippen molar-refractivity contribution in [1.29, 1.82) is 0 Å². The summed E-state index contributed by atoms with van der Waals surface area (Å²) in [6, 6.07) is 0. The summed E-state index contributed by atoms with van der Waals surface area (Å²) in [7, 11) is 0. The van der Waals surface area contributed by atoms with Crippen LogP contribution in [0.15, 0.2) is 12.4 Å². The molecule has 1 aromatic rings. The first-order chi connectivity index (χ1) is 7.13. The van der Waals surface area contributed by atoms with E-state index in [0.29, 0.717) is 13.1 Å². The fraction of sp³-hybridized carbons (Fsp3) is 0.429. The Labute approximate surface area is 85.2 Å². The standard InChI is InChI=1S/C7H11N5O3/c8-1-2-9-7(13)5-11-4-6(3-10-11)12(14)15/h3-4H,1-2,5,8H2,(H,9,13). The van der Waals surface area contributed by atoms with Gasteiger partial charge in [-0.2, -0.15) is 5.10 Å². The summed E-state index contributed by atoms with van der Waals surface area (Å²) >= 11 is 0. The fourth-order valence-corrected chi connectivity index (χ4v) is 0.948. The molecule has 1 aromatic heterocycles. The molecular formula is C7H11N5O3. The molecule has 1 amide bonds. The lowest BCUT2D eigenvalue weighted by atomic mass is 10.5. The first kappa shape index (κ1) is 11.1. The Morgan fingerprint density at radius 2 is 2.47 bits per heavy atom. The SMILES string of the molecule is NCCNC(=O)Cn1cc([N+](=O)[O-])cn1.